The molecule has 0 amide bonds. The summed E-state index contributed by atoms with van der Waals surface area (Å²) in [5, 5.41) is 3.39. The van der Waals surface area contributed by atoms with Crippen LogP contribution in [-0.2, 0) is 0 Å². The Morgan fingerprint density at radius 3 is 2.88 bits per heavy atom. The van der Waals surface area contributed by atoms with E-state index < -0.39 is 0 Å². The molecule has 1 aromatic heterocycles. The first-order valence-electron chi connectivity index (χ1n) is 5.71. The van der Waals surface area contributed by atoms with E-state index in [1.54, 1.807) is 0 Å². The number of nitrogens with zero attached hydrogens (tertiary/aromatic N) is 1. The number of aromatic nitrogens is 1. The van der Waals surface area contributed by atoms with Crippen molar-refractivity contribution in [2.24, 2.45) is 5.73 Å². The fourth-order valence-corrected chi connectivity index (χ4v) is 2.97. The first kappa shape index (κ1) is 12.6. The summed E-state index contributed by atoms with van der Waals surface area (Å²) in [5.74, 6) is 0.857. The van der Waals surface area contributed by atoms with E-state index in [9.17, 15) is 0 Å². The molecule has 1 saturated carbocycles. The topological polar surface area (TPSA) is 50.9 Å². The van der Waals surface area contributed by atoms with Crippen LogP contribution in [0.5, 0.6) is 0 Å². The van der Waals surface area contributed by atoms with Gasteiger partial charge >= 0.3 is 0 Å². The molecule has 1 aliphatic rings. The van der Waals surface area contributed by atoms with E-state index in [1.165, 1.54) is 19.3 Å². The molecule has 0 unspecified atom stereocenters. The first-order valence-corrected chi connectivity index (χ1v) is 7.34. The molecule has 0 aliphatic heterocycles. The summed E-state index contributed by atoms with van der Waals surface area (Å²) in [4.78, 5) is 4.73. The van der Waals surface area contributed by atoms with E-state index in [-0.39, 0.29) is 0 Å². The number of hydrogen-bond acceptors (Lipinski definition) is 4. The van der Waals surface area contributed by atoms with Crippen molar-refractivity contribution >= 4 is 34.8 Å². The Kier molecular flexibility index (Phi) is 3.89. The fraction of sp³-hybridized carbons (Fsp3) is 0.500. The minimum Gasteiger partial charge on any atom is -0.388 e. The van der Waals surface area contributed by atoms with Crippen molar-refractivity contribution in [2.45, 2.75) is 24.0 Å². The molecule has 5 heteroatoms. The highest BCUT2D eigenvalue weighted by atomic mass is 32.2. The van der Waals surface area contributed by atoms with Crippen molar-refractivity contribution in [1.29, 1.82) is 0 Å². The summed E-state index contributed by atoms with van der Waals surface area (Å²) in [7, 11) is 0. The maximum Gasteiger partial charge on any atom is 0.126 e. The molecule has 0 spiro atoms. The summed E-state index contributed by atoms with van der Waals surface area (Å²) >= 11 is 6.87. The minimum absolute atomic E-state index is 0.344. The Balaban J connectivity index is 1.99. The van der Waals surface area contributed by atoms with Gasteiger partial charge in [0.05, 0.1) is 5.69 Å². The number of pyridine rings is 1. The van der Waals surface area contributed by atoms with Crippen molar-refractivity contribution in [1.82, 2.24) is 4.98 Å². The van der Waals surface area contributed by atoms with Gasteiger partial charge in [0, 0.05) is 11.3 Å². The second-order valence-electron chi connectivity index (χ2n) is 4.37. The molecule has 1 aromatic rings. The van der Waals surface area contributed by atoms with Gasteiger partial charge in [-0.2, -0.15) is 11.8 Å². The van der Waals surface area contributed by atoms with Gasteiger partial charge in [0.1, 0.15) is 10.8 Å². The van der Waals surface area contributed by atoms with Crippen LogP contribution in [0.1, 0.15) is 25.0 Å². The molecule has 2 rings (SSSR count). The average Bonchev–Trinajstić information content (AvgIpc) is 2.28. The van der Waals surface area contributed by atoms with E-state index >= 15 is 0 Å². The van der Waals surface area contributed by atoms with Gasteiger partial charge in [-0.25, -0.2) is 4.98 Å². The molecular weight excluding hydrogens is 250 g/mol. The first-order chi connectivity index (χ1) is 8.15. The monoisotopic (exact) mass is 267 g/mol. The highest BCUT2D eigenvalue weighted by Gasteiger charge is 2.35. The molecule has 1 fully saturated rings. The maximum absolute atomic E-state index is 5.57. The second-order valence-corrected chi connectivity index (χ2v) is 6.08. The van der Waals surface area contributed by atoms with Crippen LogP contribution in [0.25, 0.3) is 0 Å². The fourth-order valence-electron chi connectivity index (χ4n) is 1.95. The normalized spacial score (nSPS) is 17.2. The van der Waals surface area contributed by atoms with Crippen LogP contribution in [0.4, 0.5) is 5.82 Å². The van der Waals surface area contributed by atoms with E-state index in [1.807, 2.05) is 30.0 Å². The molecule has 17 heavy (non-hydrogen) atoms. The van der Waals surface area contributed by atoms with Crippen LogP contribution in [-0.4, -0.2) is 27.5 Å². The standard InChI is InChI=1S/C12H17N3S2/c1-17-12(6-3-7-12)8-14-10-5-2-4-9(15-10)11(13)16/h2,4-5H,3,6-8H2,1H3,(H2,13,16)(H,14,15). The lowest BCUT2D eigenvalue weighted by Crippen LogP contribution is -2.40. The van der Waals surface area contributed by atoms with Gasteiger partial charge in [-0.05, 0) is 31.2 Å². The molecule has 0 atom stereocenters. The number of nitrogens with two attached hydrogens (primary N) is 1. The van der Waals surface area contributed by atoms with Gasteiger partial charge < -0.3 is 11.1 Å². The number of anilines is 1. The van der Waals surface area contributed by atoms with E-state index in [2.05, 4.69) is 16.6 Å². The van der Waals surface area contributed by atoms with Gasteiger partial charge in [-0.15, -0.1) is 0 Å². The Morgan fingerprint density at radius 1 is 1.59 bits per heavy atom. The Hall–Kier alpha value is -0.810. The second kappa shape index (κ2) is 5.23. The third kappa shape index (κ3) is 2.90. The molecular formula is C12H17N3S2. The van der Waals surface area contributed by atoms with Crippen LogP contribution < -0.4 is 11.1 Å². The number of thiocarbonyl (C=S) groups is 1. The number of hydrogen-bond donors (Lipinski definition) is 2. The summed E-state index contributed by atoms with van der Waals surface area (Å²) in [5.41, 5.74) is 6.24. The summed E-state index contributed by atoms with van der Waals surface area (Å²) < 4.78 is 0.404. The average molecular weight is 267 g/mol. The zero-order chi connectivity index (χ0) is 12.3. The lowest BCUT2D eigenvalue weighted by molar-refractivity contribution is 0.379. The largest absolute Gasteiger partial charge is 0.388 e. The van der Waals surface area contributed by atoms with Crippen LogP contribution in [0.3, 0.4) is 0 Å². The molecule has 0 saturated heterocycles. The summed E-state index contributed by atoms with van der Waals surface area (Å²) in [6, 6.07) is 5.71. The predicted octanol–water partition coefficient (Wildman–Crippen LogP) is 2.41. The minimum atomic E-state index is 0.344. The smallest absolute Gasteiger partial charge is 0.126 e. The highest BCUT2D eigenvalue weighted by molar-refractivity contribution is 8.00. The SMILES string of the molecule is CSC1(CNc2cccc(C(N)=S)n2)CCC1. The Bertz CT molecular complexity index is 410. The third-order valence-electron chi connectivity index (χ3n) is 3.29. The van der Waals surface area contributed by atoms with Crippen molar-refractivity contribution in [3.8, 4) is 0 Å². The van der Waals surface area contributed by atoms with Gasteiger partial charge in [-0.1, -0.05) is 24.7 Å². The number of nitrogens with one attached hydrogen (secondary N) is 1. The highest BCUT2D eigenvalue weighted by Crippen LogP contribution is 2.42. The van der Waals surface area contributed by atoms with E-state index in [4.69, 9.17) is 18.0 Å². The van der Waals surface area contributed by atoms with Crippen molar-refractivity contribution in [3.63, 3.8) is 0 Å². The maximum atomic E-state index is 5.57. The third-order valence-corrected chi connectivity index (χ3v) is 4.92. The van der Waals surface area contributed by atoms with E-state index in [0.29, 0.717) is 15.4 Å². The van der Waals surface area contributed by atoms with Crippen LogP contribution in [0, 0.1) is 0 Å². The summed E-state index contributed by atoms with van der Waals surface area (Å²) in [6.07, 6.45) is 6.09. The summed E-state index contributed by atoms with van der Waals surface area (Å²) in [6.45, 7) is 0.960. The lowest BCUT2D eigenvalue weighted by atomic mass is 9.84. The van der Waals surface area contributed by atoms with Gasteiger partial charge in [-0.3, -0.25) is 0 Å². The quantitative estimate of drug-likeness (QED) is 0.802. The zero-order valence-electron chi connectivity index (χ0n) is 9.90. The molecule has 0 bridgehead atoms. The van der Waals surface area contributed by atoms with E-state index in [0.717, 1.165) is 12.4 Å². The van der Waals surface area contributed by atoms with Gasteiger partial charge in [0.2, 0.25) is 0 Å². The molecule has 1 aliphatic carbocycles. The molecule has 1 heterocycles. The van der Waals surface area contributed by atoms with Crippen molar-refractivity contribution < 1.29 is 0 Å². The molecule has 0 aromatic carbocycles. The van der Waals surface area contributed by atoms with Crippen LogP contribution >= 0.6 is 24.0 Å². The predicted molar refractivity (Wildman–Crippen MR) is 78.7 cm³/mol. The number of thioether (sulfide) groups is 1. The lowest BCUT2D eigenvalue weighted by Gasteiger charge is -2.40. The molecule has 92 valence electrons. The van der Waals surface area contributed by atoms with Crippen molar-refractivity contribution in [3.05, 3.63) is 23.9 Å². The molecule has 3 N–H and O–H groups in total. The van der Waals surface area contributed by atoms with Crippen LogP contribution in [0.15, 0.2) is 18.2 Å². The molecule has 0 radical (unpaired) electrons. The van der Waals surface area contributed by atoms with Crippen molar-refractivity contribution in [2.75, 3.05) is 18.1 Å². The Labute approximate surface area is 112 Å². The van der Waals surface area contributed by atoms with Gasteiger partial charge in [0.15, 0.2) is 0 Å². The number of rotatable bonds is 5. The van der Waals surface area contributed by atoms with Crippen LogP contribution in [0.2, 0.25) is 0 Å². The van der Waals surface area contributed by atoms with Gasteiger partial charge in [0.25, 0.3) is 0 Å². The Morgan fingerprint density at radius 2 is 2.35 bits per heavy atom. The molecule has 3 nitrogen and oxygen atoms in total. The zero-order valence-corrected chi connectivity index (χ0v) is 11.5.